The summed E-state index contributed by atoms with van der Waals surface area (Å²) in [6.45, 7) is 4.67. The smallest absolute Gasteiger partial charge is 0.318 e. The van der Waals surface area contributed by atoms with Crippen LogP contribution in [-0.2, 0) is 16.1 Å². The van der Waals surface area contributed by atoms with Gasteiger partial charge in [0.15, 0.2) is 5.82 Å². The highest BCUT2D eigenvalue weighted by Crippen LogP contribution is 2.29. The van der Waals surface area contributed by atoms with E-state index >= 15 is 0 Å². The van der Waals surface area contributed by atoms with Gasteiger partial charge in [0.2, 0.25) is 0 Å². The molecular weight excluding hydrogens is 300 g/mol. The molecule has 2 amide bonds. The summed E-state index contributed by atoms with van der Waals surface area (Å²) >= 11 is 0. The first-order chi connectivity index (χ1) is 11.3. The van der Waals surface area contributed by atoms with Crippen molar-refractivity contribution in [2.75, 3.05) is 33.4 Å². The van der Waals surface area contributed by atoms with E-state index in [-0.39, 0.29) is 18.7 Å². The summed E-state index contributed by atoms with van der Waals surface area (Å²) in [5.41, 5.74) is 0. The molecular formula is C15H26N4O4. The highest BCUT2D eigenvalue weighted by molar-refractivity contribution is 5.74. The number of methoxy groups -OCH3 is 1. The maximum Gasteiger partial charge on any atom is 0.318 e. The second kappa shape index (κ2) is 9.46. The van der Waals surface area contributed by atoms with Gasteiger partial charge in [0.05, 0.1) is 19.3 Å². The van der Waals surface area contributed by atoms with Crippen molar-refractivity contribution in [1.29, 1.82) is 0 Å². The van der Waals surface area contributed by atoms with Crippen molar-refractivity contribution in [2.45, 2.75) is 45.3 Å². The first kappa shape index (κ1) is 17.7. The molecule has 1 saturated heterocycles. The molecule has 0 spiro atoms. The number of hydrogen-bond donors (Lipinski definition) is 1. The van der Waals surface area contributed by atoms with Crippen LogP contribution in [0.5, 0.6) is 0 Å². The molecule has 23 heavy (non-hydrogen) atoms. The predicted octanol–water partition coefficient (Wildman–Crippen LogP) is 1.88. The third kappa shape index (κ3) is 5.18. The average Bonchev–Trinajstić information content (AvgIpc) is 3.05. The largest absolute Gasteiger partial charge is 0.382 e. The lowest BCUT2D eigenvalue weighted by atomic mass is 10.0. The number of aromatic nitrogens is 2. The summed E-state index contributed by atoms with van der Waals surface area (Å²) in [6, 6.07) is -0.184. The topological polar surface area (TPSA) is 89.7 Å². The molecule has 8 heteroatoms. The highest BCUT2D eigenvalue weighted by atomic mass is 16.5. The van der Waals surface area contributed by atoms with Gasteiger partial charge >= 0.3 is 6.03 Å². The number of urea groups is 1. The minimum atomic E-state index is -0.128. The van der Waals surface area contributed by atoms with Crippen LogP contribution in [0.25, 0.3) is 0 Å². The van der Waals surface area contributed by atoms with Crippen LogP contribution in [0.2, 0.25) is 0 Å². The van der Waals surface area contributed by atoms with E-state index in [0.717, 1.165) is 25.7 Å². The second-order valence-corrected chi connectivity index (χ2v) is 5.53. The molecule has 1 aliphatic heterocycles. The third-order valence-corrected chi connectivity index (χ3v) is 3.73. The van der Waals surface area contributed by atoms with Crippen LogP contribution >= 0.6 is 0 Å². The van der Waals surface area contributed by atoms with E-state index in [1.807, 2.05) is 6.92 Å². The number of amides is 2. The van der Waals surface area contributed by atoms with Gasteiger partial charge in [-0.15, -0.1) is 0 Å². The predicted molar refractivity (Wildman–Crippen MR) is 82.8 cm³/mol. The maximum absolute atomic E-state index is 12.3. The molecule has 1 unspecified atom stereocenters. The van der Waals surface area contributed by atoms with E-state index in [4.69, 9.17) is 14.0 Å². The molecule has 1 fully saturated rings. The fourth-order valence-corrected chi connectivity index (χ4v) is 2.54. The molecule has 130 valence electrons. The van der Waals surface area contributed by atoms with Gasteiger partial charge in [-0.2, -0.15) is 4.98 Å². The Kier molecular flexibility index (Phi) is 7.28. The Bertz CT molecular complexity index is 480. The van der Waals surface area contributed by atoms with E-state index in [1.54, 1.807) is 12.0 Å². The van der Waals surface area contributed by atoms with E-state index in [0.29, 0.717) is 38.0 Å². The number of hydrogen-bond acceptors (Lipinski definition) is 6. The fraction of sp³-hybridized carbons (Fsp3) is 0.800. The van der Waals surface area contributed by atoms with Crippen molar-refractivity contribution in [1.82, 2.24) is 20.4 Å². The SMILES string of the molecule is CCCNC(=O)N1CCCCC1c1noc(COCCOC)n1. The standard InChI is InChI=1S/C15H26N4O4/c1-3-7-16-15(20)19-8-5-4-6-12(19)14-17-13(23-18-14)11-22-10-9-21-2/h12H,3-11H2,1-2H3,(H,16,20). The molecule has 2 heterocycles. The maximum atomic E-state index is 12.3. The van der Waals surface area contributed by atoms with Crippen LogP contribution < -0.4 is 5.32 Å². The monoisotopic (exact) mass is 326 g/mol. The third-order valence-electron chi connectivity index (χ3n) is 3.73. The lowest BCUT2D eigenvalue weighted by molar-refractivity contribution is 0.0494. The Hall–Kier alpha value is -1.67. The van der Waals surface area contributed by atoms with E-state index in [1.165, 1.54) is 0 Å². The molecule has 0 bridgehead atoms. The molecule has 0 radical (unpaired) electrons. The van der Waals surface area contributed by atoms with Gasteiger partial charge in [0.1, 0.15) is 6.61 Å². The van der Waals surface area contributed by atoms with Crippen molar-refractivity contribution in [3.8, 4) is 0 Å². The summed E-state index contributed by atoms with van der Waals surface area (Å²) in [7, 11) is 1.62. The van der Waals surface area contributed by atoms with Crippen molar-refractivity contribution in [3.05, 3.63) is 11.7 Å². The lowest BCUT2D eigenvalue weighted by Crippen LogP contribution is -2.45. The zero-order valence-corrected chi connectivity index (χ0v) is 13.9. The number of ether oxygens (including phenoxy) is 2. The summed E-state index contributed by atoms with van der Waals surface area (Å²) in [5, 5.41) is 6.95. The van der Waals surface area contributed by atoms with Crippen LogP contribution in [0.4, 0.5) is 4.79 Å². The molecule has 1 atom stereocenters. The van der Waals surface area contributed by atoms with Crippen LogP contribution in [0, 0.1) is 0 Å². The Morgan fingerprint density at radius 2 is 2.30 bits per heavy atom. The first-order valence-electron chi connectivity index (χ1n) is 8.20. The summed E-state index contributed by atoms with van der Waals surface area (Å²) < 4.78 is 15.5. The molecule has 1 aromatic rings. The molecule has 0 aromatic carbocycles. The van der Waals surface area contributed by atoms with Crippen LogP contribution in [0.1, 0.15) is 50.4 Å². The molecule has 1 aliphatic rings. The van der Waals surface area contributed by atoms with Gasteiger partial charge in [-0.25, -0.2) is 4.79 Å². The molecule has 0 saturated carbocycles. The zero-order valence-electron chi connectivity index (χ0n) is 13.9. The minimum Gasteiger partial charge on any atom is -0.382 e. The molecule has 8 nitrogen and oxygen atoms in total. The first-order valence-corrected chi connectivity index (χ1v) is 8.20. The van der Waals surface area contributed by atoms with Gasteiger partial charge in [-0.3, -0.25) is 0 Å². The summed E-state index contributed by atoms with van der Waals surface area (Å²) in [5.74, 6) is 0.984. The fourth-order valence-electron chi connectivity index (χ4n) is 2.54. The number of piperidine rings is 1. The van der Waals surface area contributed by atoms with Crippen molar-refractivity contribution >= 4 is 6.03 Å². The number of carbonyl (C=O) groups is 1. The van der Waals surface area contributed by atoms with Crippen LogP contribution in [-0.4, -0.2) is 54.5 Å². The van der Waals surface area contributed by atoms with Crippen LogP contribution in [0.15, 0.2) is 4.52 Å². The van der Waals surface area contributed by atoms with Gasteiger partial charge in [-0.1, -0.05) is 12.1 Å². The Morgan fingerprint density at radius 1 is 1.43 bits per heavy atom. The van der Waals surface area contributed by atoms with Crippen molar-refractivity contribution in [2.24, 2.45) is 0 Å². The van der Waals surface area contributed by atoms with E-state index < -0.39 is 0 Å². The quantitative estimate of drug-likeness (QED) is 0.734. The average molecular weight is 326 g/mol. The molecule has 1 aromatic heterocycles. The number of likely N-dealkylation sites (tertiary alicyclic amines) is 1. The number of nitrogens with zero attached hydrogens (tertiary/aromatic N) is 3. The normalized spacial score (nSPS) is 18.2. The summed E-state index contributed by atoms with van der Waals surface area (Å²) in [4.78, 5) is 18.5. The lowest BCUT2D eigenvalue weighted by Gasteiger charge is -2.33. The van der Waals surface area contributed by atoms with Gasteiger partial charge in [0.25, 0.3) is 5.89 Å². The Morgan fingerprint density at radius 3 is 3.09 bits per heavy atom. The Balaban J connectivity index is 1.94. The number of nitrogens with one attached hydrogen (secondary N) is 1. The number of rotatable bonds is 8. The summed E-state index contributed by atoms with van der Waals surface area (Å²) in [6.07, 6.45) is 3.82. The second-order valence-electron chi connectivity index (χ2n) is 5.53. The van der Waals surface area contributed by atoms with Crippen molar-refractivity contribution < 1.29 is 18.8 Å². The van der Waals surface area contributed by atoms with Crippen molar-refractivity contribution in [3.63, 3.8) is 0 Å². The van der Waals surface area contributed by atoms with Gasteiger partial charge < -0.3 is 24.2 Å². The highest BCUT2D eigenvalue weighted by Gasteiger charge is 2.31. The van der Waals surface area contributed by atoms with Crippen LogP contribution in [0.3, 0.4) is 0 Å². The van der Waals surface area contributed by atoms with Gasteiger partial charge in [-0.05, 0) is 25.7 Å². The molecule has 2 rings (SSSR count). The molecule has 1 N–H and O–H groups in total. The van der Waals surface area contributed by atoms with E-state index in [9.17, 15) is 4.79 Å². The minimum absolute atomic E-state index is 0.0563. The molecule has 0 aliphatic carbocycles. The van der Waals surface area contributed by atoms with Gasteiger partial charge in [0, 0.05) is 20.2 Å². The zero-order chi connectivity index (χ0) is 16.5. The Labute approximate surface area is 136 Å². The van der Waals surface area contributed by atoms with E-state index in [2.05, 4.69) is 15.5 Å². The number of carbonyl (C=O) groups excluding carboxylic acids is 1.